The van der Waals surface area contributed by atoms with Crippen molar-refractivity contribution in [3.05, 3.63) is 53.1 Å². The lowest BCUT2D eigenvalue weighted by Gasteiger charge is -2.34. The van der Waals surface area contributed by atoms with Gasteiger partial charge in [-0.25, -0.2) is 13.2 Å². The van der Waals surface area contributed by atoms with Crippen LogP contribution in [-0.4, -0.2) is 32.1 Å². The summed E-state index contributed by atoms with van der Waals surface area (Å²) in [5, 5.41) is 9.65. The second-order valence-corrected chi connectivity index (χ2v) is 9.67. The number of sulfonamides is 1. The van der Waals surface area contributed by atoms with Gasteiger partial charge in [-0.3, -0.25) is 4.31 Å². The Balaban J connectivity index is 2.07. The Morgan fingerprint density at radius 3 is 2.37 bits per heavy atom. The molecule has 0 unspecified atom stereocenters. The minimum absolute atomic E-state index is 0.0764. The van der Waals surface area contributed by atoms with E-state index < -0.39 is 22.1 Å². The van der Waals surface area contributed by atoms with Crippen molar-refractivity contribution in [2.45, 2.75) is 37.2 Å². The first-order chi connectivity index (χ1) is 12.5. The molecule has 0 saturated heterocycles. The number of hydrogen-bond acceptors (Lipinski definition) is 4. The monoisotopic (exact) mass is 409 g/mol. The average Bonchev–Trinajstić information content (AvgIpc) is 2.60. The van der Waals surface area contributed by atoms with Gasteiger partial charge in [0.15, 0.2) is 0 Å². The Labute approximate surface area is 163 Å². The first kappa shape index (κ1) is 19.5. The summed E-state index contributed by atoms with van der Waals surface area (Å²) in [4.78, 5) is 11.5. The number of fused-ring (bicyclic) bond motifs is 1. The first-order valence-electron chi connectivity index (χ1n) is 8.32. The van der Waals surface area contributed by atoms with E-state index in [1.807, 2.05) is 20.8 Å². The molecule has 3 rings (SSSR count). The molecule has 2 aromatic carbocycles. The molecule has 1 atom stereocenters. The second kappa shape index (κ2) is 6.73. The van der Waals surface area contributed by atoms with Crippen LogP contribution < -0.4 is 9.04 Å². The van der Waals surface area contributed by atoms with E-state index in [1.54, 1.807) is 12.1 Å². The van der Waals surface area contributed by atoms with E-state index in [9.17, 15) is 18.3 Å². The van der Waals surface area contributed by atoms with Gasteiger partial charge in [0, 0.05) is 5.02 Å². The van der Waals surface area contributed by atoms with Crippen molar-refractivity contribution >= 4 is 33.3 Å². The zero-order valence-corrected chi connectivity index (χ0v) is 16.7. The van der Waals surface area contributed by atoms with Crippen molar-refractivity contribution in [2.75, 3.05) is 10.8 Å². The molecule has 2 aromatic rings. The number of ether oxygens (including phenoxy) is 1. The molecule has 0 aromatic heterocycles. The van der Waals surface area contributed by atoms with Crippen LogP contribution >= 0.6 is 11.6 Å². The van der Waals surface area contributed by atoms with Crippen LogP contribution in [0.25, 0.3) is 0 Å². The summed E-state index contributed by atoms with van der Waals surface area (Å²) in [6, 6.07) is 11.0. The molecular formula is C19H20ClNO5S. The lowest BCUT2D eigenvalue weighted by molar-refractivity contribution is -0.144. The maximum atomic E-state index is 13.2. The lowest BCUT2D eigenvalue weighted by Crippen LogP contribution is -2.47. The van der Waals surface area contributed by atoms with Gasteiger partial charge in [-0.15, -0.1) is 0 Å². The van der Waals surface area contributed by atoms with Gasteiger partial charge in [0.1, 0.15) is 5.75 Å². The van der Waals surface area contributed by atoms with Crippen LogP contribution in [0.4, 0.5) is 5.69 Å². The van der Waals surface area contributed by atoms with Gasteiger partial charge in [-0.2, -0.15) is 0 Å². The van der Waals surface area contributed by atoms with Gasteiger partial charge in [0.25, 0.3) is 10.0 Å². The number of halogens is 1. The predicted molar refractivity (Wildman–Crippen MR) is 103 cm³/mol. The maximum Gasteiger partial charge on any atom is 0.346 e. The topological polar surface area (TPSA) is 83.9 Å². The summed E-state index contributed by atoms with van der Waals surface area (Å²) in [6.07, 6.45) is -1.30. The Bertz CT molecular complexity index is 980. The van der Waals surface area contributed by atoms with Crippen LogP contribution in [0.1, 0.15) is 26.3 Å². The summed E-state index contributed by atoms with van der Waals surface area (Å²) in [7, 11) is -3.99. The molecule has 6 nitrogen and oxygen atoms in total. The number of benzene rings is 2. The summed E-state index contributed by atoms with van der Waals surface area (Å²) in [6.45, 7) is 5.77. The predicted octanol–water partition coefficient (Wildman–Crippen LogP) is 3.68. The number of carboxylic acids is 1. The molecule has 0 bridgehead atoms. The molecule has 0 aliphatic carbocycles. The molecular weight excluding hydrogens is 390 g/mol. The van der Waals surface area contributed by atoms with Gasteiger partial charge >= 0.3 is 5.97 Å². The molecule has 1 aliphatic rings. The largest absolute Gasteiger partial charge is 0.478 e. The Morgan fingerprint density at radius 1 is 1.19 bits per heavy atom. The molecule has 1 aliphatic heterocycles. The van der Waals surface area contributed by atoms with Gasteiger partial charge < -0.3 is 9.84 Å². The molecule has 1 N–H and O–H groups in total. The van der Waals surface area contributed by atoms with Crippen molar-refractivity contribution in [3.63, 3.8) is 0 Å². The summed E-state index contributed by atoms with van der Waals surface area (Å²) >= 11 is 6.01. The number of carbonyl (C=O) groups is 1. The molecule has 1 heterocycles. The highest BCUT2D eigenvalue weighted by atomic mass is 35.5. The molecule has 0 amide bonds. The summed E-state index contributed by atoms with van der Waals surface area (Å²) in [5.74, 6) is -1.08. The van der Waals surface area contributed by atoms with Crippen molar-refractivity contribution in [1.82, 2.24) is 0 Å². The van der Waals surface area contributed by atoms with Crippen LogP contribution in [0.15, 0.2) is 47.4 Å². The van der Waals surface area contributed by atoms with Crippen LogP contribution in [0.2, 0.25) is 5.02 Å². The minimum atomic E-state index is -3.99. The summed E-state index contributed by atoms with van der Waals surface area (Å²) < 4.78 is 32.9. The Hall–Kier alpha value is -2.25. The fraction of sp³-hybridized carbons (Fsp3) is 0.316. The molecule has 0 radical (unpaired) electrons. The highest BCUT2D eigenvalue weighted by Crippen LogP contribution is 2.39. The van der Waals surface area contributed by atoms with Gasteiger partial charge in [-0.1, -0.05) is 44.5 Å². The van der Waals surface area contributed by atoms with Crippen LogP contribution in [0, 0.1) is 0 Å². The number of rotatable bonds is 3. The third-order valence-electron chi connectivity index (χ3n) is 4.37. The molecule has 8 heteroatoms. The Kier molecular flexibility index (Phi) is 4.86. The zero-order chi connectivity index (χ0) is 20.0. The molecule has 144 valence electrons. The standard InChI is InChI=1S/C19H20ClNO5S/c1-19(2,3)12-4-7-14(8-5-12)27(24,25)21-11-17(18(22)23)26-16-9-6-13(20)10-15(16)21/h4-10,17H,11H2,1-3H3,(H,22,23)/t17-/m1/s1. The second-order valence-electron chi connectivity index (χ2n) is 7.37. The highest BCUT2D eigenvalue weighted by molar-refractivity contribution is 7.92. The van der Waals surface area contributed by atoms with Crippen molar-refractivity contribution < 1.29 is 23.1 Å². The normalized spacial score (nSPS) is 17.2. The zero-order valence-electron chi connectivity index (χ0n) is 15.1. The van der Waals surface area contributed by atoms with E-state index in [0.717, 1.165) is 9.87 Å². The van der Waals surface area contributed by atoms with Crippen molar-refractivity contribution in [1.29, 1.82) is 0 Å². The van der Waals surface area contributed by atoms with E-state index in [1.165, 1.54) is 30.3 Å². The number of anilines is 1. The number of carboxylic acid groups (broad SMARTS) is 1. The van der Waals surface area contributed by atoms with Gasteiger partial charge in [0.2, 0.25) is 6.10 Å². The fourth-order valence-electron chi connectivity index (χ4n) is 2.83. The molecule has 0 saturated carbocycles. The van der Waals surface area contributed by atoms with E-state index in [4.69, 9.17) is 16.3 Å². The van der Waals surface area contributed by atoms with Crippen LogP contribution in [0.3, 0.4) is 0 Å². The van der Waals surface area contributed by atoms with E-state index in [2.05, 4.69) is 0 Å². The summed E-state index contributed by atoms with van der Waals surface area (Å²) in [5.41, 5.74) is 1.10. The van der Waals surface area contributed by atoms with Gasteiger partial charge in [0.05, 0.1) is 17.1 Å². The SMILES string of the molecule is CC(C)(C)c1ccc(S(=O)(=O)N2C[C@H](C(=O)O)Oc3ccc(Cl)cc32)cc1. The van der Waals surface area contributed by atoms with E-state index in [0.29, 0.717) is 5.02 Å². The number of aliphatic carboxylic acids is 1. The van der Waals surface area contributed by atoms with Gasteiger partial charge in [-0.05, 0) is 41.3 Å². The lowest BCUT2D eigenvalue weighted by atomic mass is 9.87. The Morgan fingerprint density at radius 2 is 1.81 bits per heavy atom. The first-order valence-corrected chi connectivity index (χ1v) is 10.1. The number of hydrogen-bond donors (Lipinski definition) is 1. The smallest absolute Gasteiger partial charge is 0.346 e. The molecule has 0 fully saturated rings. The van der Waals surface area contributed by atoms with Crippen molar-refractivity contribution in [3.8, 4) is 5.75 Å². The third kappa shape index (κ3) is 3.75. The average molecular weight is 410 g/mol. The maximum absolute atomic E-state index is 13.2. The number of nitrogens with zero attached hydrogens (tertiary/aromatic N) is 1. The van der Waals surface area contributed by atoms with E-state index in [-0.39, 0.29) is 28.3 Å². The highest BCUT2D eigenvalue weighted by Gasteiger charge is 2.37. The molecule has 0 spiro atoms. The minimum Gasteiger partial charge on any atom is -0.478 e. The quantitative estimate of drug-likeness (QED) is 0.835. The van der Waals surface area contributed by atoms with Crippen LogP contribution in [-0.2, 0) is 20.2 Å². The van der Waals surface area contributed by atoms with E-state index >= 15 is 0 Å². The fourth-order valence-corrected chi connectivity index (χ4v) is 4.47. The van der Waals surface area contributed by atoms with Crippen molar-refractivity contribution in [2.24, 2.45) is 0 Å². The third-order valence-corrected chi connectivity index (χ3v) is 6.40. The molecule has 27 heavy (non-hydrogen) atoms. The van der Waals surface area contributed by atoms with Crippen LogP contribution in [0.5, 0.6) is 5.75 Å².